The Balaban J connectivity index is 1.48. The maximum Gasteiger partial charge on any atom is 0.237 e. The summed E-state index contributed by atoms with van der Waals surface area (Å²) in [6, 6.07) is -0.228. The van der Waals surface area contributed by atoms with Crippen molar-refractivity contribution in [1.82, 2.24) is 10.6 Å². The van der Waals surface area contributed by atoms with Crippen LogP contribution in [0.5, 0.6) is 0 Å². The monoisotopic (exact) mass is 270 g/mol. The van der Waals surface area contributed by atoms with E-state index in [0.29, 0.717) is 25.6 Å². The minimum atomic E-state index is -0.384. The summed E-state index contributed by atoms with van der Waals surface area (Å²) in [4.78, 5) is 11.7. The molecule has 19 heavy (non-hydrogen) atoms. The summed E-state index contributed by atoms with van der Waals surface area (Å²) in [5.41, 5.74) is 0. The highest BCUT2D eigenvalue weighted by atomic mass is 16.5. The Kier molecular flexibility index (Phi) is 6.07. The van der Waals surface area contributed by atoms with Crippen LogP contribution < -0.4 is 10.6 Å². The molecule has 1 aliphatic heterocycles. The van der Waals surface area contributed by atoms with Gasteiger partial charge in [0.05, 0.1) is 18.2 Å². The van der Waals surface area contributed by atoms with Gasteiger partial charge >= 0.3 is 0 Å². The first-order chi connectivity index (χ1) is 9.25. The number of aliphatic hydroxyl groups excluding tert-OH is 1. The largest absolute Gasteiger partial charge is 0.392 e. The first-order valence-corrected chi connectivity index (χ1v) is 7.56. The molecular weight excluding hydrogens is 244 g/mol. The molecular formula is C14H26N2O3. The van der Waals surface area contributed by atoms with E-state index >= 15 is 0 Å². The van der Waals surface area contributed by atoms with Crippen molar-refractivity contribution in [2.45, 2.75) is 63.2 Å². The summed E-state index contributed by atoms with van der Waals surface area (Å²) in [6.45, 7) is 1.90. The minimum Gasteiger partial charge on any atom is -0.392 e. The van der Waals surface area contributed by atoms with Crippen molar-refractivity contribution in [3.05, 3.63) is 0 Å². The second-order valence-corrected chi connectivity index (χ2v) is 5.63. The Hall–Kier alpha value is -0.650. The van der Waals surface area contributed by atoms with Gasteiger partial charge in [0.25, 0.3) is 0 Å². The highest BCUT2D eigenvalue weighted by molar-refractivity contribution is 5.82. The van der Waals surface area contributed by atoms with E-state index in [1.54, 1.807) is 0 Å². The van der Waals surface area contributed by atoms with E-state index in [2.05, 4.69) is 10.6 Å². The van der Waals surface area contributed by atoms with Gasteiger partial charge in [0.15, 0.2) is 0 Å². The van der Waals surface area contributed by atoms with Gasteiger partial charge in [-0.1, -0.05) is 19.3 Å². The van der Waals surface area contributed by atoms with Crippen molar-refractivity contribution < 1.29 is 14.6 Å². The molecule has 5 heteroatoms. The average molecular weight is 270 g/mol. The van der Waals surface area contributed by atoms with Crippen LogP contribution in [0.2, 0.25) is 0 Å². The number of β-amino-alcohol motifs (C(OH)–C–C–N with tert-alkyl or cyclic N) is 1. The summed E-state index contributed by atoms with van der Waals surface area (Å²) < 4.78 is 5.80. The van der Waals surface area contributed by atoms with E-state index in [4.69, 9.17) is 4.74 Å². The fourth-order valence-electron chi connectivity index (χ4n) is 2.81. The molecule has 2 aliphatic rings. The van der Waals surface area contributed by atoms with Gasteiger partial charge in [0, 0.05) is 19.7 Å². The molecule has 1 saturated carbocycles. The number of aliphatic hydroxyl groups is 1. The van der Waals surface area contributed by atoms with Crippen LogP contribution in [-0.4, -0.2) is 49.0 Å². The number of carbonyl (C=O) groups excluding carboxylic acids is 1. The van der Waals surface area contributed by atoms with Crippen LogP contribution in [0, 0.1) is 0 Å². The molecule has 2 fully saturated rings. The molecule has 1 amide bonds. The Labute approximate surface area is 115 Å². The molecule has 0 spiro atoms. The van der Waals surface area contributed by atoms with Gasteiger partial charge in [0.1, 0.15) is 0 Å². The Morgan fingerprint density at radius 3 is 2.79 bits per heavy atom. The molecule has 0 aromatic carbocycles. The summed E-state index contributed by atoms with van der Waals surface area (Å²) in [7, 11) is 0. The minimum absolute atomic E-state index is 0.00536. The topological polar surface area (TPSA) is 70.6 Å². The van der Waals surface area contributed by atoms with Crippen LogP contribution in [0.25, 0.3) is 0 Å². The zero-order valence-corrected chi connectivity index (χ0v) is 11.6. The van der Waals surface area contributed by atoms with Crippen molar-refractivity contribution in [2.75, 3.05) is 19.7 Å². The van der Waals surface area contributed by atoms with Gasteiger partial charge in [-0.3, -0.25) is 4.79 Å². The van der Waals surface area contributed by atoms with Crippen molar-refractivity contribution in [3.63, 3.8) is 0 Å². The molecule has 1 aliphatic carbocycles. The second kappa shape index (κ2) is 7.82. The van der Waals surface area contributed by atoms with E-state index in [1.165, 1.54) is 32.1 Å². The highest BCUT2D eigenvalue weighted by Crippen LogP contribution is 2.20. The predicted octanol–water partition coefficient (Wildman–Crippen LogP) is 0.565. The van der Waals surface area contributed by atoms with E-state index in [0.717, 1.165) is 13.0 Å². The third-order valence-corrected chi connectivity index (χ3v) is 3.95. The maximum atomic E-state index is 11.7. The van der Waals surface area contributed by atoms with Crippen LogP contribution in [0.4, 0.5) is 0 Å². The Bertz CT molecular complexity index is 280. The van der Waals surface area contributed by atoms with Crippen LogP contribution in [0.1, 0.15) is 44.9 Å². The summed E-state index contributed by atoms with van der Waals surface area (Å²) in [5, 5.41) is 15.2. The van der Waals surface area contributed by atoms with Crippen LogP contribution >= 0.6 is 0 Å². The lowest BCUT2D eigenvalue weighted by atomic mass is 9.98. The molecule has 0 unspecified atom stereocenters. The van der Waals surface area contributed by atoms with Crippen LogP contribution in [0.15, 0.2) is 0 Å². The zero-order chi connectivity index (χ0) is 13.5. The average Bonchev–Trinajstić information content (AvgIpc) is 2.86. The summed E-state index contributed by atoms with van der Waals surface area (Å²) in [6.07, 6.45) is 7.74. The standard InChI is InChI=1S/C14H26N2O3/c17-11-9-13(16-10-11)14(18)15-7-4-8-19-12-5-2-1-3-6-12/h11-13,16-17H,1-10H2,(H,15,18)/t11-,13-/m0/s1. The van der Waals surface area contributed by atoms with E-state index < -0.39 is 0 Å². The van der Waals surface area contributed by atoms with E-state index in [-0.39, 0.29) is 18.1 Å². The molecule has 110 valence electrons. The number of hydrogen-bond acceptors (Lipinski definition) is 4. The number of amides is 1. The Morgan fingerprint density at radius 1 is 1.32 bits per heavy atom. The van der Waals surface area contributed by atoms with Gasteiger partial charge in [-0.15, -0.1) is 0 Å². The van der Waals surface area contributed by atoms with Crippen molar-refractivity contribution in [3.8, 4) is 0 Å². The van der Waals surface area contributed by atoms with E-state index in [1.807, 2.05) is 0 Å². The lowest BCUT2D eigenvalue weighted by molar-refractivity contribution is -0.123. The third-order valence-electron chi connectivity index (χ3n) is 3.95. The first kappa shape index (κ1) is 14.8. The zero-order valence-electron chi connectivity index (χ0n) is 11.6. The number of ether oxygens (including phenoxy) is 1. The van der Waals surface area contributed by atoms with Gasteiger partial charge in [-0.2, -0.15) is 0 Å². The van der Waals surface area contributed by atoms with Gasteiger partial charge < -0.3 is 20.5 Å². The molecule has 0 bridgehead atoms. The second-order valence-electron chi connectivity index (χ2n) is 5.63. The molecule has 2 rings (SSSR count). The quantitative estimate of drug-likeness (QED) is 0.617. The number of hydrogen-bond donors (Lipinski definition) is 3. The van der Waals surface area contributed by atoms with Gasteiger partial charge in [0.2, 0.25) is 5.91 Å². The number of rotatable bonds is 6. The third kappa shape index (κ3) is 5.09. The summed E-state index contributed by atoms with van der Waals surface area (Å²) in [5.74, 6) is -0.00536. The molecule has 0 aromatic heterocycles. The van der Waals surface area contributed by atoms with Crippen LogP contribution in [0.3, 0.4) is 0 Å². The van der Waals surface area contributed by atoms with Crippen molar-refractivity contribution >= 4 is 5.91 Å². The predicted molar refractivity (Wildman–Crippen MR) is 72.9 cm³/mol. The molecule has 1 saturated heterocycles. The molecule has 0 aromatic rings. The Morgan fingerprint density at radius 2 is 2.11 bits per heavy atom. The lowest BCUT2D eigenvalue weighted by Gasteiger charge is -2.22. The van der Waals surface area contributed by atoms with Crippen molar-refractivity contribution in [1.29, 1.82) is 0 Å². The van der Waals surface area contributed by atoms with Gasteiger partial charge in [-0.05, 0) is 25.7 Å². The van der Waals surface area contributed by atoms with Gasteiger partial charge in [-0.25, -0.2) is 0 Å². The normalized spacial score (nSPS) is 28.5. The molecule has 1 heterocycles. The fraction of sp³-hybridized carbons (Fsp3) is 0.929. The molecule has 5 nitrogen and oxygen atoms in total. The maximum absolute atomic E-state index is 11.7. The number of nitrogens with one attached hydrogen (secondary N) is 2. The number of carbonyl (C=O) groups is 1. The lowest BCUT2D eigenvalue weighted by Crippen LogP contribution is -2.41. The fourth-order valence-corrected chi connectivity index (χ4v) is 2.81. The molecule has 0 radical (unpaired) electrons. The summed E-state index contributed by atoms with van der Waals surface area (Å²) >= 11 is 0. The van der Waals surface area contributed by atoms with Crippen LogP contribution in [-0.2, 0) is 9.53 Å². The smallest absolute Gasteiger partial charge is 0.237 e. The SMILES string of the molecule is O=C(NCCCOC1CCCCC1)[C@@H]1C[C@H](O)CN1. The van der Waals surface area contributed by atoms with Crippen molar-refractivity contribution in [2.24, 2.45) is 0 Å². The molecule has 2 atom stereocenters. The first-order valence-electron chi connectivity index (χ1n) is 7.56. The molecule has 3 N–H and O–H groups in total. The highest BCUT2D eigenvalue weighted by Gasteiger charge is 2.27. The van der Waals surface area contributed by atoms with E-state index in [9.17, 15) is 9.90 Å².